The Morgan fingerprint density at radius 2 is 1.50 bits per heavy atom. The van der Waals surface area contributed by atoms with Gasteiger partial charge in [-0.15, -0.1) is 0 Å². The number of methoxy groups -OCH3 is 1. The lowest BCUT2D eigenvalue weighted by Gasteiger charge is -2.39. The highest BCUT2D eigenvalue weighted by molar-refractivity contribution is 7.89. The number of carbonyl (C=O) groups excluding carboxylic acids is 1. The highest BCUT2D eigenvalue weighted by Gasteiger charge is 2.34. The molecule has 172 valence electrons. The molecule has 7 nitrogen and oxygen atoms in total. The monoisotopic (exact) mass is 477 g/mol. The van der Waals surface area contributed by atoms with E-state index < -0.39 is 10.0 Å². The number of rotatable bonds is 5. The van der Waals surface area contributed by atoms with Gasteiger partial charge in [0.05, 0.1) is 12.0 Å². The summed E-state index contributed by atoms with van der Waals surface area (Å²) >= 11 is 5.87. The number of sulfonamides is 1. The van der Waals surface area contributed by atoms with Crippen molar-refractivity contribution in [3.05, 3.63) is 53.6 Å². The minimum atomic E-state index is -3.56. The lowest BCUT2D eigenvalue weighted by Crippen LogP contribution is -2.52. The summed E-state index contributed by atoms with van der Waals surface area (Å²) in [5.74, 6) is 0.842. The fourth-order valence-corrected chi connectivity index (χ4v) is 5.93. The predicted octanol–water partition coefficient (Wildman–Crippen LogP) is 3.10. The molecule has 2 aromatic rings. The van der Waals surface area contributed by atoms with Crippen LogP contribution in [0.25, 0.3) is 0 Å². The summed E-state index contributed by atoms with van der Waals surface area (Å²) in [5, 5.41) is 0.500. The molecule has 2 heterocycles. The van der Waals surface area contributed by atoms with Gasteiger partial charge in [0.2, 0.25) is 15.9 Å². The van der Waals surface area contributed by atoms with Crippen LogP contribution in [0.5, 0.6) is 5.75 Å². The first-order valence-electron chi connectivity index (χ1n) is 10.8. The largest absolute Gasteiger partial charge is 0.497 e. The lowest BCUT2D eigenvalue weighted by molar-refractivity contribution is -0.137. The van der Waals surface area contributed by atoms with E-state index in [1.165, 1.54) is 16.4 Å². The molecule has 0 radical (unpaired) electrons. The third-order valence-electron chi connectivity index (χ3n) is 6.28. The van der Waals surface area contributed by atoms with Crippen molar-refractivity contribution in [2.75, 3.05) is 51.3 Å². The van der Waals surface area contributed by atoms with Crippen LogP contribution in [0.4, 0.5) is 5.69 Å². The number of halogens is 1. The Balaban J connectivity index is 1.29. The maximum Gasteiger partial charge on any atom is 0.243 e. The molecule has 2 aliphatic rings. The van der Waals surface area contributed by atoms with E-state index >= 15 is 0 Å². The number of carbonyl (C=O) groups is 1. The summed E-state index contributed by atoms with van der Waals surface area (Å²) in [4.78, 5) is 17.5. The van der Waals surface area contributed by atoms with Crippen molar-refractivity contribution in [1.29, 1.82) is 0 Å². The smallest absolute Gasteiger partial charge is 0.243 e. The second kappa shape index (κ2) is 9.68. The third kappa shape index (κ3) is 4.87. The number of hydrogen-bond donors (Lipinski definition) is 0. The van der Waals surface area contributed by atoms with Crippen LogP contribution >= 0.6 is 11.6 Å². The molecular formula is C23H28ClN3O4S. The fourth-order valence-electron chi connectivity index (χ4n) is 4.34. The van der Waals surface area contributed by atoms with E-state index in [9.17, 15) is 13.2 Å². The minimum absolute atomic E-state index is 0.126. The molecule has 0 saturated carbocycles. The van der Waals surface area contributed by atoms with Gasteiger partial charge in [-0.25, -0.2) is 8.42 Å². The van der Waals surface area contributed by atoms with Crippen LogP contribution in [-0.4, -0.2) is 69.9 Å². The zero-order valence-corrected chi connectivity index (χ0v) is 19.7. The standard InChI is InChI=1S/C23H28ClN3O4S/c1-31-21-6-4-20(5-7-21)25-14-16-26(17-15-25)23(28)18-10-12-27(13-11-18)32(29,30)22-8-2-19(24)3-9-22/h2-9,18H,10-17H2,1H3. The van der Waals surface area contributed by atoms with Crippen molar-refractivity contribution in [3.8, 4) is 5.75 Å². The molecule has 0 atom stereocenters. The molecule has 0 aliphatic carbocycles. The van der Waals surface area contributed by atoms with Crippen LogP contribution in [0.1, 0.15) is 12.8 Å². The van der Waals surface area contributed by atoms with E-state index in [1.807, 2.05) is 29.2 Å². The second-order valence-corrected chi connectivity index (χ2v) is 10.5. The maximum absolute atomic E-state index is 13.1. The van der Waals surface area contributed by atoms with Crippen LogP contribution in [0, 0.1) is 5.92 Å². The van der Waals surface area contributed by atoms with Crippen molar-refractivity contribution >= 4 is 33.2 Å². The number of piperazine rings is 1. The van der Waals surface area contributed by atoms with E-state index in [-0.39, 0.29) is 16.7 Å². The molecule has 0 spiro atoms. The van der Waals surface area contributed by atoms with Gasteiger partial charge < -0.3 is 14.5 Å². The Bertz CT molecular complexity index is 1030. The van der Waals surface area contributed by atoms with E-state index in [0.29, 0.717) is 44.0 Å². The quantitative estimate of drug-likeness (QED) is 0.661. The van der Waals surface area contributed by atoms with Gasteiger partial charge in [0.1, 0.15) is 5.75 Å². The summed E-state index contributed by atoms with van der Waals surface area (Å²) < 4.78 is 32.4. The third-order valence-corrected chi connectivity index (χ3v) is 8.45. The Morgan fingerprint density at radius 3 is 2.06 bits per heavy atom. The zero-order chi connectivity index (χ0) is 22.7. The lowest BCUT2D eigenvalue weighted by atomic mass is 9.96. The van der Waals surface area contributed by atoms with Crippen LogP contribution in [0.3, 0.4) is 0 Å². The van der Waals surface area contributed by atoms with E-state index in [4.69, 9.17) is 16.3 Å². The van der Waals surface area contributed by atoms with Crippen LogP contribution < -0.4 is 9.64 Å². The van der Waals surface area contributed by atoms with Crippen molar-refractivity contribution in [2.24, 2.45) is 5.92 Å². The summed E-state index contributed by atoms with van der Waals surface area (Å²) in [6.45, 7) is 3.62. The number of benzene rings is 2. The Labute approximate surface area is 194 Å². The molecular weight excluding hydrogens is 450 g/mol. The number of ether oxygens (including phenoxy) is 1. The van der Waals surface area contributed by atoms with Crippen LogP contribution in [-0.2, 0) is 14.8 Å². The molecule has 0 aromatic heterocycles. The number of amides is 1. The molecule has 2 aromatic carbocycles. The van der Waals surface area contributed by atoms with Gasteiger partial charge in [0, 0.05) is 55.9 Å². The molecule has 0 bridgehead atoms. The van der Waals surface area contributed by atoms with E-state index in [0.717, 1.165) is 24.5 Å². The Morgan fingerprint density at radius 1 is 0.906 bits per heavy atom. The molecule has 1 amide bonds. The first-order chi connectivity index (χ1) is 15.4. The minimum Gasteiger partial charge on any atom is -0.497 e. The van der Waals surface area contributed by atoms with E-state index in [1.54, 1.807) is 19.2 Å². The van der Waals surface area contributed by atoms with Crippen molar-refractivity contribution < 1.29 is 17.9 Å². The molecule has 2 fully saturated rings. The molecule has 2 saturated heterocycles. The highest BCUT2D eigenvalue weighted by atomic mass is 35.5. The van der Waals surface area contributed by atoms with Crippen molar-refractivity contribution in [1.82, 2.24) is 9.21 Å². The second-order valence-electron chi connectivity index (χ2n) is 8.14. The number of hydrogen-bond acceptors (Lipinski definition) is 5. The normalized spacial score (nSPS) is 18.6. The maximum atomic E-state index is 13.1. The van der Waals surface area contributed by atoms with Gasteiger partial charge >= 0.3 is 0 Å². The summed E-state index contributed by atoms with van der Waals surface area (Å²) in [6, 6.07) is 14.2. The van der Waals surface area contributed by atoms with Gasteiger partial charge in [0.15, 0.2) is 0 Å². The van der Waals surface area contributed by atoms with Crippen molar-refractivity contribution in [2.45, 2.75) is 17.7 Å². The Kier molecular flexibility index (Phi) is 6.93. The first-order valence-corrected chi connectivity index (χ1v) is 12.6. The first kappa shape index (κ1) is 22.9. The van der Waals surface area contributed by atoms with Gasteiger partial charge in [-0.2, -0.15) is 4.31 Å². The molecule has 9 heteroatoms. The number of anilines is 1. The van der Waals surface area contributed by atoms with Gasteiger partial charge in [0.25, 0.3) is 0 Å². The van der Waals surface area contributed by atoms with E-state index in [2.05, 4.69) is 4.90 Å². The van der Waals surface area contributed by atoms with Gasteiger partial charge in [-0.05, 0) is 61.4 Å². The molecule has 4 rings (SSSR count). The Hall–Kier alpha value is -2.29. The fraction of sp³-hybridized carbons (Fsp3) is 0.435. The van der Waals surface area contributed by atoms with Gasteiger partial charge in [-0.1, -0.05) is 11.6 Å². The highest BCUT2D eigenvalue weighted by Crippen LogP contribution is 2.27. The average Bonchev–Trinajstić information content (AvgIpc) is 2.84. The average molecular weight is 478 g/mol. The predicted molar refractivity (Wildman–Crippen MR) is 125 cm³/mol. The molecule has 0 N–H and O–H groups in total. The summed E-state index contributed by atoms with van der Waals surface area (Å²) in [6.07, 6.45) is 1.09. The van der Waals surface area contributed by atoms with Crippen LogP contribution in [0.2, 0.25) is 5.02 Å². The summed E-state index contributed by atoms with van der Waals surface area (Å²) in [5.41, 5.74) is 1.12. The van der Waals surface area contributed by atoms with Gasteiger partial charge in [-0.3, -0.25) is 4.79 Å². The van der Waals surface area contributed by atoms with Crippen molar-refractivity contribution in [3.63, 3.8) is 0 Å². The molecule has 32 heavy (non-hydrogen) atoms. The molecule has 0 unspecified atom stereocenters. The SMILES string of the molecule is COc1ccc(N2CCN(C(=O)C3CCN(S(=O)(=O)c4ccc(Cl)cc4)CC3)CC2)cc1. The van der Waals surface area contributed by atoms with Crippen LogP contribution in [0.15, 0.2) is 53.4 Å². The zero-order valence-electron chi connectivity index (χ0n) is 18.1. The molecule has 2 aliphatic heterocycles. The number of nitrogens with zero attached hydrogens (tertiary/aromatic N) is 3. The topological polar surface area (TPSA) is 70.2 Å². The number of piperidine rings is 1. The summed E-state index contributed by atoms with van der Waals surface area (Å²) in [7, 11) is -1.91.